The highest BCUT2D eigenvalue weighted by Crippen LogP contribution is 2.29. The van der Waals surface area contributed by atoms with Crippen LogP contribution in [0.3, 0.4) is 0 Å². The highest BCUT2D eigenvalue weighted by molar-refractivity contribution is 6.80. The summed E-state index contributed by atoms with van der Waals surface area (Å²) in [6.07, 6.45) is 0.441. The predicted octanol–water partition coefficient (Wildman–Crippen LogP) is 3.35. The smallest absolute Gasteiger partial charge is 0.382 e. The van der Waals surface area contributed by atoms with E-state index < -0.39 is 23.6 Å². The van der Waals surface area contributed by atoms with Crippen LogP contribution in [0.15, 0.2) is 0 Å². The minimum atomic E-state index is -2.52. The minimum absolute atomic E-state index is 0.321. The molecule has 5 nitrogen and oxygen atoms in total. The van der Waals surface area contributed by atoms with E-state index in [0.29, 0.717) is 13.2 Å². The van der Waals surface area contributed by atoms with Crippen molar-refractivity contribution in [3.05, 3.63) is 0 Å². The van der Waals surface area contributed by atoms with Crippen LogP contribution in [-0.4, -0.2) is 71.3 Å². The number of methoxy groups -OCH3 is 1. The third-order valence-electron chi connectivity index (χ3n) is 4.70. The van der Waals surface area contributed by atoms with Crippen molar-refractivity contribution in [1.29, 1.82) is 0 Å². The van der Waals surface area contributed by atoms with Gasteiger partial charge in [-0.25, -0.2) is 4.39 Å². The van der Waals surface area contributed by atoms with Gasteiger partial charge in [0.15, 0.2) is 0 Å². The van der Waals surface area contributed by atoms with Crippen LogP contribution in [0.4, 0.5) is 4.39 Å². The van der Waals surface area contributed by atoms with Crippen LogP contribution in [0.25, 0.3) is 0 Å². The third-order valence-corrected chi connectivity index (χ3v) is 12.6. The van der Waals surface area contributed by atoms with Crippen LogP contribution in [0.1, 0.15) is 13.3 Å². The molecule has 0 bridgehead atoms. The van der Waals surface area contributed by atoms with E-state index >= 15 is 0 Å². The van der Waals surface area contributed by atoms with E-state index in [-0.39, 0.29) is 6.10 Å². The van der Waals surface area contributed by atoms with Gasteiger partial charge in [0, 0.05) is 34.5 Å². The zero-order valence-electron chi connectivity index (χ0n) is 15.7. The molecular formula is C15H35FO5Si2. The molecule has 0 saturated heterocycles. The SMILES string of the molecule is CC[Si](C)(CCC(CF)OCCOC)CC[Si](OC)(OC)OC. The van der Waals surface area contributed by atoms with Crippen molar-refractivity contribution < 1.29 is 27.1 Å². The third kappa shape index (κ3) is 8.71. The molecule has 0 aliphatic rings. The molecule has 0 N–H and O–H groups in total. The fourth-order valence-electron chi connectivity index (χ4n) is 2.50. The molecule has 0 aromatic carbocycles. The minimum Gasteiger partial charge on any atom is -0.382 e. The van der Waals surface area contributed by atoms with Gasteiger partial charge in [-0.15, -0.1) is 0 Å². The summed E-state index contributed by atoms with van der Waals surface area (Å²) in [6.45, 7) is 5.09. The van der Waals surface area contributed by atoms with Crippen molar-refractivity contribution in [1.82, 2.24) is 0 Å². The molecule has 0 aromatic heterocycles. The van der Waals surface area contributed by atoms with Gasteiger partial charge in [0.05, 0.1) is 27.4 Å². The Labute approximate surface area is 143 Å². The number of ether oxygens (including phenoxy) is 2. The molecule has 0 aliphatic heterocycles. The average Bonchev–Trinajstić information content (AvgIpc) is 2.59. The molecule has 0 amide bonds. The second-order valence-corrected chi connectivity index (χ2v) is 14.6. The van der Waals surface area contributed by atoms with Crippen molar-refractivity contribution in [2.75, 3.05) is 48.3 Å². The molecule has 0 rings (SSSR count). The normalized spacial score (nSPS) is 16.3. The summed E-state index contributed by atoms with van der Waals surface area (Å²) in [4.78, 5) is 0. The van der Waals surface area contributed by atoms with Crippen molar-refractivity contribution in [2.45, 2.75) is 50.2 Å². The number of halogens is 1. The first kappa shape index (κ1) is 23.2. The van der Waals surface area contributed by atoms with Gasteiger partial charge >= 0.3 is 8.80 Å². The largest absolute Gasteiger partial charge is 0.499 e. The predicted molar refractivity (Wildman–Crippen MR) is 95.5 cm³/mol. The van der Waals surface area contributed by atoms with Crippen LogP contribution in [0, 0.1) is 0 Å². The lowest BCUT2D eigenvalue weighted by Gasteiger charge is -2.31. The Bertz CT molecular complexity index is 287. The monoisotopic (exact) mass is 370 g/mol. The molecule has 8 heteroatoms. The maximum atomic E-state index is 13.1. The standard InChI is InChI=1S/C15H35FO5Si2/c1-7-22(6,12-13-23(18-3,19-4)20-5)11-8-15(14-16)21-10-9-17-2/h15H,7-14H2,1-6H3. The van der Waals surface area contributed by atoms with Crippen LogP contribution in [0.5, 0.6) is 0 Å². The first-order valence-corrected chi connectivity index (χ1v) is 13.3. The Morgan fingerprint density at radius 3 is 1.96 bits per heavy atom. The topological polar surface area (TPSA) is 46.2 Å². The molecule has 0 fully saturated rings. The van der Waals surface area contributed by atoms with Gasteiger partial charge in [0.2, 0.25) is 0 Å². The van der Waals surface area contributed by atoms with Crippen LogP contribution >= 0.6 is 0 Å². The molecule has 0 spiro atoms. The summed E-state index contributed by atoms with van der Waals surface area (Å²) in [7, 11) is 2.54. The van der Waals surface area contributed by atoms with Gasteiger partial charge in [-0.2, -0.15) is 0 Å². The fourth-order valence-corrected chi connectivity index (χ4v) is 9.23. The number of alkyl halides is 1. The van der Waals surface area contributed by atoms with Gasteiger partial charge in [-0.05, 0) is 6.42 Å². The van der Waals surface area contributed by atoms with Crippen LogP contribution in [-0.2, 0) is 22.8 Å². The van der Waals surface area contributed by atoms with E-state index in [2.05, 4.69) is 13.5 Å². The van der Waals surface area contributed by atoms with E-state index in [1.165, 1.54) is 0 Å². The Balaban J connectivity index is 4.47. The maximum absolute atomic E-state index is 13.1. The average molecular weight is 371 g/mol. The summed E-state index contributed by atoms with van der Waals surface area (Å²) < 4.78 is 40.1. The van der Waals surface area contributed by atoms with Crippen LogP contribution in [0.2, 0.25) is 30.7 Å². The highest BCUT2D eigenvalue weighted by atomic mass is 28.4. The molecule has 2 atom stereocenters. The summed E-state index contributed by atoms with van der Waals surface area (Å²) in [5, 5.41) is 0. The van der Waals surface area contributed by atoms with Gasteiger partial charge in [-0.1, -0.05) is 31.6 Å². The van der Waals surface area contributed by atoms with E-state index in [1.807, 2.05) is 0 Å². The highest BCUT2D eigenvalue weighted by Gasteiger charge is 2.40. The van der Waals surface area contributed by atoms with Crippen LogP contribution < -0.4 is 0 Å². The van der Waals surface area contributed by atoms with Crippen molar-refractivity contribution in [2.24, 2.45) is 0 Å². The van der Waals surface area contributed by atoms with Crippen molar-refractivity contribution in [3.63, 3.8) is 0 Å². The zero-order chi connectivity index (χ0) is 17.8. The van der Waals surface area contributed by atoms with Crippen molar-refractivity contribution in [3.8, 4) is 0 Å². The quantitative estimate of drug-likeness (QED) is 0.327. The number of hydrogen-bond donors (Lipinski definition) is 0. The molecule has 140 valence electrons. The Kier molecular flexibility index (Phi) is 12.6. The second-order valence-electron chi connectivity index (χ2n) is 6.14. The molecule has 23 heavy (non-hydrogen) atoms. The Morgan fingerprint density at radius 1 is 0.913 bits per heavy atom. The number of hydrogen-bond acceptors (Lipinski definition) is 5. The second kappa shape index (κ2) is 12.5. The number of rotatable bonds is 15. The first-order valence-electron chi connectivity index (χ1n) is 8.26. The molecule has 0 aliphatic carbocycles. The van der Waals surface area contributed by atoms with E-state index in [9.17, 15) is 4.39 Å². The molecule has 0 saturated carbocycles. The summed E-state index contributed by atoms with van der Waals surface area (Å²) in [6, 6.07) is 4.05. The molecule has 0 radical (unpaired) electrons. The lowest BCUT2D eigenvalue weighted by Crippen LogP contribution is -2.45. The van der Waals surface area contributed by atoms with Gasteiger partial charge < -0.3 is 22.8 Å². The van der Waals surface area contributed by atoms with Gasteiger partial charge in [0.1, 0.15) is 6.67 Å². The molecule has 0 heterocycles. The van der Waals surface area contributed by atoms with Gasteiger partial charge in [-0.3, -0.25) is 0 Å². The summed E-state index contributed by atoms with van der Waals surface area (Å²) >= 11 is 0. The Morgan fingerprint density at radius 2 is 1.52 bits per heavy atom. The maximum Gasteiger partial charge on any atom is 0.499 e. The molecule has 0 aromatic rings. The van der Waals surface area contributed by atoms with E-state index in [1.54, 1.807) is 28.4 Å². The molecule has 2 unspecified atom stereocenters. The van der Waals surface area contributed by atoms with Crippen molar-refractivity contribution >= 4 is 16.9 Å². The van der Waals surface area contributed by atoms with Gasteiger partial charge in [0.25, 0.3) is 0 Å². The lowest BCUT2D eigenvalue weighted by atomic mass is 10.3. The first-order chi connectivity index (χ1) is 10.9. The summed E-state index contributed by atoms with van der Waals surface area (Å²) in [5.74, 6) is 0. The van der Waals surface area contributed by atoms with E-state index in [4.69, 9.17) is 22.8 Å². The Hall–Kier alpha value is 0.164. The zero-order valence-corrected chi connectivity index (χ0v) is 17.7. The molecular weight excluding hydrogens is 335 g/mol. The van der Waals surface area contributed by atoms with E-state index in [0.717, 1.165) is 30.6 Å². The summed E-state index contributed by atoms with van der Waals surface area (Å²) in [5.41, 5.74) is 0. The lowest BCUT2D eigenvalue weighted by molar-refractivity contribution is 0.00382. The fraction of sp³-hybridized carbons (Fsp3) is 1.00.